The summed E-state index contributed by atoms with van der Waals surface area (Å²) in [7, 11) is -3.73. The van der Waals surface area contributed by atoms with Crippen molar-refractivity contribution in [3.05, 3.63) is 46.7 Å². The standard InChI is InChI=1S/C20H19BrN4O4S2/c21-14-1-2-17-13(9-14)12-29-19(11-26)25(17)15-4-7-24(8-5-15)31(27,28)20-16-10-23-30-18(16)3-6-22-20/h1-3,6,9-11,15,19H,4-5,7-8,12H2. The first-order valence-corrected chi connectivity index (χ1v) is 12.8. The highest BCUT2D eigenvalue weighted by Crippen LogP contribution is 2.36. The minimum absolute atomic E-state index is 0.00607. The van der Waals surface area contributed by atoms with E-state index in [2.05, 4.69) is 25.3 Å². The predicted molar refractivity (Wildman–Crippen MR) is 120 cm³/mol. The molecule has 11 heteroatoms. The topological polar surface area (TPSA) is 92.7 Å². The summed E-state index contributed by atoms with van der Waals surface area (Å²) in [6.07, 6.45) is 4.37. The zero-order chi connectivity index (χ0) is 21.6. The number of hydrogen-bond donors (Lipinski definition) is 0. The van der Waals surface area contributed by atoms with Crippen molar-refractivity contribution >= 4 is 59.5 Å². The summed E-state index contributed by atoms with van der Waals surface area (Å²) in [5, 5.41) is 0.610. The molecule has 2 aromatic heterocycles. The van der Waals surface area contributed by atoms with E-state index < -0.39 is 16.3 Å². The molecule has 1 unspecified atom stereocenters. The first-order valence-electron chi connectivity index (χ1n) is 9.82. The number of hydrogen-bond acceptors (Lipinski definition) is 8. The largest absolute Gasteiger partial charge is 0.346 e. The van der Waals surface area contributed by atoms with Gasteiger partial charge in [-0.3, -0.25) is 4.79 Å². The second-order valence-electron chi connectivity index (χ2n) is 7.51. The lowest BCUT2D eigenvalue weighted by molar-refractivity contribution is -0.120. The van der Waals surface area contributed by atoms with Crippen LogP contribution in [0.25, 0.3) is 10.1 Å². The molecule has 0 N–H and O–H groups in total. The number of aromatic nitrogens is 2. The van der Waals surface area contributed by atoms with Crippen LogP contribution in [0.5, 0.6) is 0 Å². The number of piperidine rings is 1. The van der Waals surface area contributed by atoms with E-state index in [0.717, 1.165) is 26.7 Å². The number of rotatable bonds is 4. The number of carbonyl (C=O) groups is 1. The first-order chi connectivity index (χ1) is 15.0. The second-order valence-corrected chi connectivity index (χ2v) is 11.1. The van der Waals surface area contributed by atoms with Crippen molar-refractivity contribution in [3.8, 4) is 0 Å². The van der Waals surface area contributed by atoms with Gasteiger partial charge in [0.25, 0.3) is 10.0 Å². The Morgan fingerprint density at radius 1 is 1.23 bits per heavy atom. The molecule has 0 bridgehead atoms. The molecule has 162 valence electrons. The average Bonchev–Trinajstić information content (AvgIpc) is 3.27. The summed E-state index contributed by atoms with van der Waals surface area (Å²) in [5.41, 5.74) is 1.96. The number of halogens is 1. The van der Waals surface area contributed by atoms with E-state index in [0.29, 0.717) is 37.9 Å². The van der Waals surface area contributed by atoms with Crippen LogP contribution in [-0.2, 0) is 26.2 Å². The van der Waals surface area contributed by atoms with Gasteiger partial charge in [0, 0.05) is 41.1 Å². The summed E-state index contributed by atoms with van der Waals surface area (Å²) in [6, 6.07) is 7.68. The van der Waals surface area contributed by atoms with Crippen molar-refractivity contribution in [1.29, 1.82) is 0 Å². The smallest absolute Gasteiger partial charge is 0.261 e. The molecule has 8 nitrogen and oxygen atoms in total. The molecule has 0 amide bonds. The van der Waals surface area contributed by atoms with E-state index in [4.69, 9.17) is 4.74 Å². The Morgan fingerprint density at radius 2 is 2.03 bits per heavy atom. The van der Waals surface area contributed by atoms with E-state index in [1.807, 2.05) is 23.1 Å². The number of nitrogens with zero attached hydrogens (tertiary/aromatic N) is 4. The zero-order valence-electron chi connectivity index (χ0n) is 16.3. The van der Waals surface area contributed by atoms with Gasteiger partial charge in [-0.2, -0.15) is 8.68 Å². The molecular formula is C20H19BrN4O4S2. The molecule has 31 heavy (non-hydrogen) atoms. The van der Waals surface area contributed by atoms with Crippen molar-refractivity contribution in [2.75, 3.05) is 18.0 Å². The van der Waals surface area contributed by atoms with Gasteiger partial charge in [-0.1, -0.05) is 15.9 Å². The minimum atomic E-state index is -3.73. The molecular weight excluding hydrogens is 504 g/mol. The number of aldehydes is 1. The normalized spacial score (nSPS) is 20.7. The van der Waals surface area contributed by atoms with Crippen molar-refractivity contribution in [1.82, 2.24) is 13.7 Å². The third kappa shape index (κ3) is 3.68. The Morgan fingerprint density at radius 3 is 2.81 bits per heavy atom. The number of ether oxygens (including phenoxy) is 1. The molecule has 5 rings (SSSR count). The Kier molecular flexibility index (Phi) is 5.55. The van der Waals surface area contributed by atoms with Gasteiger partial charge in [-0.25, -0.2) is 13.4 Å². The lowest BCUT2D eigenvalue weighted by Crippen LogP contribution is -2.53. The summed E-state index contributed by atoms with van der Waals surface area (Å²) >= 11 is 4.73. The quantitative estimate of drug-likeness (QED) is 0.485. The predicted octanol–water partition coefficient (Wildman–Crippen LogP) is 3.17. The number of benzene rings is 1. The van der Waals surface area contributed by atoms with E-state index in [9.17, 15) is 13.2 Å². The van der Waals surface area contributed by atoms with Crippen LogP contribution in [0.3, 0.4) is 0 Å². The van der Waals surface area contributed by atoms with Crippen molar-refractivity contribution in [2.24, 2.45) is 0 Å². The number of sulfonamides is 1. The second kappa shape index (κ2) is 8.21. The highest BCUT2D eigenvalue weighted by Gasteiger charge is 2.38. The lowest BCUT2D eigenvalue weighted by Gasteiger charge is -2.44. The Bertz CT molecular complexity index is 1240. The molecule has 0 radical (unpaired) electrons. The Balaban J connectivity index is 1.39. The fourth-order valence-corrected chi connectivity index (χ4v) is 6.97. The molecule has 1 saturated heterocycles. The van der Waals surface area contributed by atoms with Gasteiger partial charge in [-0.05, 0) is 48.6 Å². The van der Waals surface area contributed by atoms with Crippen LogP contribution >= 0.6 is 27.5 Å². The molecule has 2 aliphatic heterocycles. The zero-order valence-corrected chi connectivity index (χ0v) is 19.6. The maximum absolute atomic E-state index is 13.3. The monoisotopic (exact) mass is 522 g/mol. The maximum Gasteiger partial charge on any atom is 0.261 e. The van der Waals surface area contributed by atoms with E-state index >= 15 is 0 Å². The molecule has 0 saturated carbocycles. The minimum Gasteiger partial charge on any atom is -0.346 e. The molecule has 1 aromatic carbocycles. The molecule has 3 aromatic rings. The Hall–Kier alpha value is -1.92. The number of fused-ring (bicyclic) bond motifs is 2. The van der Waals surface area contributed by atoms with E-state index in [-0.39, 0.29) is 11.1 Å². The molecule has 0 spiro atoms. The molecule has 1 atom stereocenters. The highest BCUT2D eigenvalue weighted by molar-refractivity contribution is 9.10. The fourth-order valence-electron chi connectivity index (χ4n) is 4.28. The van der Waals surface area contributed by atoms with Gasteiger partial charge in [0.1, 0.15) is 0 Å². The van der Waals surface area contributed by atoms with Crippen LogP contribution in [0, 0.1) is 0 Å². The number of pyridine rings is 1. The van der Waals surface area contributed by atoms with Gasteiger partial charge in [0.2, 0.25) is 0 Å². The van der Waals surface area contributed by atoms with Crippen LogP contribution in [0.4, 0.5) is 5.69 Å². The van der Waals surface area contributed by atoms with Crippen LogP contribution in [0.1, 0.15) is 18.4 Å². The van der Waals surface area contributed by atoms with Crippen LogP contribution < -0.4 is 4.90 Å². The van der Waals surface area contributed by atoms with Crippen molar-refractivity contribution < 1.29 is 17.9 Å². The number of anilines is 1. The first kappa shape index (κ1) is 21.0. The van der Waals surface area contributed by atoms with Gasteiger partial charge >= 0.3 is 0 Å². The average molecular weight is 523 g/mol. The molecule has 2 aliphatic rings. The third-order valence-electron chi connectivity index (χ3n) is 5.77. The van der Waals surface area contributed by atoms with Gasteiger partial charge < -0.3 is 9.64 Å². The van der Waals surface area contributed by atoms with Crippen LogP contribution in [0.2, 0.25) is 0 Å². The van der Waals surface area contributed by atoms with E-state index in [1.165, 1.54) is 22.0 Å². The molecule has 4 heterocycles. The van der Waals surface area contributed by atoms with Gasteiger partial charge in [0.15, 0.2) is 17.5 Å². The fraction of sp³-hybridized carbons (Fsp3) is 0.350. The van der Waals surface area contributed by atoms with Crippen LogP contribution in [-0.4, -0.2) is 53.7 Å². The third-order valence-corrected chi connectivity index (χ3v) is 8.88. The van der Waals surface area contributed by atoms with Crippen LogP contribution in [0.15, 0.2) is 46.2 Å². The number of carbonyl (C=O) groups excluding carboxylic acids is 1. The maximum atomic E-state index is 13.3. The molecule has 0 aliphatic carbocycles. The summed E-state index contributed by atoms with van der Waals surface area (Å²) in [6.45, 7) is 1.05. The Labute approximate surface area is 192 Å². The highest BCUT2D eigenvalue weighted by atomic mass is 79.9. The molecule has 1 fully saturated rings. The lowest BCUT2D eigenvalue weighted by atomic mass is 10.0. The van der Waals surface area contributed by atoms with Gasteiger partial charge in [-0.15, -0.1) is 0 Å². The summed E-state index contributed by atoms with van der Waals surface area (Å²) in [4.78, 5) is 17.8. The summed E-state index contributed by atoms with van der Waals surface area (Å²) < 4.78 is 39.6. The SMILES string of the molecule is O=CC1OCc2cc(Br)ccc2N1C1CCN(S(=O)(=O)c2nccc3sncc23)CC1. The van der Waals surface area contributed by atoms with Gasteiger partial charge in [0.05, 0.1) is 22.9 Å². The van der Waals surface area contributed by atoms with E-state index in [1.54, 1.807) is 12.3 Å². The van der Waals surface area contributed by atoms with Crippen molar-refractivity contribution in [2.45, 2.75) is 36.7 Å². The summed E-state index contributed by atoms with van der Waals surface area (Å²) in [5.74, 6) is 0. The van der Waals surface area contributed by atoms with Crippen molar-refractivity contribution in [3.63, 3.8) is 0 Å².